The van der Waals surface area contributed by atoms with Crippen molar-refractivity contribution in [2.45, 2.75) is 25.7 Å². The number of hydrogen-bond donors (Lipinski definition) is 2. The predicted molar refractivity (Wildman–Crippen MR) is 102 cm³/mol. The molecule has 27 heavy (non-hydrogen) atoms. The lowest BCUT2D eigenvalue weighted by molar-refractivity contribution is -0.131. The minimum Gasteiger partial charge on any atom is -0.493 e. The first-order chi connectivity index (χ1) is 13.0. The van der Waals surface area contributed by atoms with Gasteiger partial charge < -0.3 is 15.0 Å². The summed E-state index contributed by atoms with van der Waals surface area (Å²) in [6.45, 7) is 3.31. The molecule has 7 nitrogen and oxygen atoms in total. The van der Waals surface area contributed by atoms with Crippen molar-refractivity contribution in [3.8, 4) is 5.75 Å². The number of nitrogens with one attached hydrogen (secondary N) is 2. The molecule has 1 saturated heterocycles. The number of carbonyl (C=O) groups is 2. The number of ether oxygens (including phenoxy) is 1. The fourth-order valence-electron chi connectivity index (χ4n) is 3.07. The number of likely N-dealkylation sites (tertiary alicyclic amines) is 1. The topological polar surface area (TPSA) is 87.3 Å². The van der Waals surface area contributed by atoms with Gasteiger partial charge >= 0.3 is 0 Å². The maximum Gasteiger partial charge on any atom is 0.241 e. The summed E-state index contributed by atoms with van der Waals surface area (Å²) in [4.78, 5) is 24.8. The van der Waals surface area contributed by atoms with Gasteiger partial charge in [0.15, 0.2) is 0 Å². The molecule has 1 aliphatic heterocycles. The molecule has 1 unspecified atom stereocenters. The van der Waals surface area contributed by atoms with Crippen molar-refractivity contribution in [2.24, 2.45) is 0 Å². The van der Waals surface area contributed by atoms with Crippen LogP contribution in [0.15, 0.2) is 30.3 Å². The molecule has 0 spiro atoms. The molecule has 2 aromatic rings. The molecule has 144 valence electrons. The molecule has 1 atom stereocenters. The lowest BCUT2D eigenvalue weighted by Gasteiger charge is -2.16. The minimum atomic E-state index is -0.197. The van der Waals surface area contributed by atoms with E-state index in [2.05, 4.69) is 15.5 Å². The number of aromatic amines is 1. The largest absolute Gasteiger partial charge is 0.493 e. The van der Waals surface area contributed by atoms with Gasteiger partial charge in [0.2, 0.25) is 11.8 Å². The Bertz CT molecular complexity index is 791. The van der Waals surface area contributed by atoms with Gasteiger partial charge in [-0.2, -0.15) is 5.10 Å². The molecule has 2 heterocycles. The van der Waals surface area contributed by atoms with E-state index in [0.29, 0.717) is 31.1 Å². The summed E-state index contributed by atoms with van der Waals surface area (Å²) < 4.78 is 5.70. The van der Waals surface area contributed by atoms with Crippen LogP contribution in [-0.4, -0.2) is 53.2 Å². The number of H-pyrrole nitrogens is 1. The number of carbonyl (C=O) groups excluding carboxylic acids is 2. The minimum absolute atomic E-state index is 0.0515. The van der Waals surface area contributed by atoms with Gasteiger partial charge in [0, 0.05) is 43.1 Å². The number of amides is 2. The molecule has 8 heteroatoms. The average molecular weight is 391 g/mol. The quantitative estimate of drug-likeness (QED) is 0.758. The fourth-order valence-corrected chi connectivity index (χ4v) is 3.19. The van der Waals surface area contributed by atoms with Crippen LogP contribution in [0.4, 0.5) is 0 Å². The first kappa shape index (κ1) is 19.2. The summed E-state index contributed by atoms with van der Waals surface area (Å²) in [7, 11) is 0. The van der Waals surface area contributed by atoms with Crippen molar-refractivity contribution in [3.63, 3.8) is 0 Å². The van der Waals surface area contributed by atoms with E-state index >= 15 is 0 Å². The van der Waals surface area contributed by atoms with Crippen LogP contribution in [0.2, 0.25) is 5.02 Å². The molecule has 1 aromatic carbocycles. The summed E-state index contributed by atoms with van der Waals surface area (Å²) in [6, 6.07) is 9.31. The van der Waals surface area contributed by atoms with E-state index in [1.54, 1.807) is 17.0 Å². The van der Waals surface area contributed by atoms with E-state index in [-0.39, 0.29) is 24.3 Å². The van der Waals surface area contributed by atoms with Gasteiger partial charge in [-0.1, -0.05) is 11.6 Å². The molecule has 1 aliphatic rings. The van der Waals surface area contributed by atoms with Gasteiger partial charge in [-0.3, -0.25) is 14.7 Å². The summed E-state index contributed by atoms with van der Waals surface area (Å²) >= 11 is 5.86. The van der Waals surface area contributed by atoms with Crippen LogP contribution in [0.3, 0.4) is 0 Å². The molecule has 3 rings (SSSR count). The first-order valence-electron chi connectivity index (χ1n) is 8.96. The standard InChI is InChI=1S/C19H23ClN4O3/c1-13(25)21-11-19(26)24-8-6-14(12-24)18-10-16(22-23-18)7-9-27-17-4-2-15(20)3-5-17/h2-5,10,14H,6-9,11-12H2,1H3,(H,21,25)(H,22,23). The Labute approximate surface area is 163 Å². The van der Waals surface area contributed by atoms with Crippen LogP contribution in [0.25, 0.3) is 0 Å². The fraction of sp³-hybridized carbons (Fsp3) is 0.421. The second kappa shape index (κ2) is 8.90. The van der Waals surface area contributed by atoms with Gasteiger partial charge in [0.1, 0.15) is 5.75 Å². The molecule has 2 amide bonds. The van der Waals surface area contributed by atoms with Crippen LogP contribution < -0.4 is 10.1 Å². The van der Waals surface area contributed by atoms with Crippen molar-refractivity contribution in [3.05, 3.63) is 46.7 Å². The zero-order chi connectivity index (χ0) is 19.2. The smallest absolute Gasteiger partial charge is 0.241 e. The Hall–Kier alpha value is -2.54. The van der Waals surface area contributed by atoms with Crippen molar-refractivity contribution in [2.75, 3.05) is 26.2 Å². The zero-order valence-corrected chi connectivity index (χ0v) is 16.0. The summed E-state index contributed by atoms with van der Waals surface area (Å²) in [5, 5.41) is 10.7. The predicted octanol–water partition coefficient (Wildman–Crippen LogP) is 2.14. The number of benzene rings is 1. The highest BCUT2D eigenvalue weighted by Gasteiger charge is 2.28. The first-order valence-corrected chi connectivity index (χ1v) is 9.34. The molecule has 0 saturated carbocycles. The normalized spacial score (nSPS) is 16.4. The second-order valence-electron chi connectivity index (χ2n) is 6.61. The Morgan fingerprint density at radius 2 is 2.15 bits per heavy atom. The SMILES string of the molecule is CC(=O)NCC(=O)N1CCC(c2cc(CCOc3ccc(Cl)cc3)[nH]n2)C1. The third-order valence-corrected chi connectivity index (χ3v) is 4.80. The zero-order valence-electron chi connectivity index (χ0n) is 15.2. The third kappa shape index (κ3) is 5.47. The maximum absolute atomic E-state index is 12.1. The Morgan fingerprint density at radius 3 is 2.89 bits per heavy atom. The van der Waals surface area contributed by atoms with E-state index in [0.717, 1.165) is 23.6 Å². The highest BCUT2D eigenvalue weighted by Crippen LogP contribution is 2.26. The van der Waals surface area contributed by atoms with Crippen LogP contribution in [0.1, 0.15) is 30.7 Å². The lowest BCUT2D eigenvalue weighted by atomic mass is 10.0. The third-order valence-electron chi connectivity index (χ3n) is 4.55. The average Bonchev–Trinajstić information content (AvgIpc) is 3.30. The number of nitrogens with zero attached hydrogens (tertiary/aromatic N) is 2. The van der Waals surface area contributed by atoms with E-state index in [4.69, 9.17) is 16.3 Å². The van der Waals surface area contributed by atoms with Crippen molar-refractivity contribution in [1.82, 2.24) is 20.4 Å². The number of hydrogen-bond acceptors (Lipinski definition) is 4. The van der Waals surface area contributed by atoms with Gasteiger partial charge in [-0.05, 0) is 36.8 Å². The van der Waals surface area contributed by atoms with Crippen molar-refractivity contribution in [1.29, 1.82) is 0 Å². The van der Waals surface area contributed by atoms with Crippen molar-refractivity contribution >= 4 is 23.4 Å². The number of rotatable bonds is 7. The van der Waals surface area contributed by atoms with E-state index in [1.165, 1.54) is 6.92 Å². The van der Waals surface area contributed by atoms with Gasteiger partial charge in [0.25, 0.3) is 0 Å². The molecular formula is C19H23ClN4O3. The highest BCUT2D eigenvalue weighted by atomic mass is 35.5. The summed E-state index contributed by atoms with van der Waals surface area (Å²) in [6.07, 6.45) is 1.59. The lowest BCUT2D eigenvalue weighted by Crippen LogP contribution is -2.38. The summed E-state index contributed by atoms with van der Waals surface area (Å²) in [5.74, 6) is 0.744. The highest BCUT2D eigenvalue weighted by molar-refractivity contribution is 6.30. The van der Waals surface area contributed by atoms with E-state index < -0.39 is 0 Å². The molecule has 2 N–H and O–H groups in total. The number of aromatic nitrogens is 2. The Kier molecular flexibility index (Phi) is 6.34. The van der Waals surface area contributed by atoms with Crippen LogP contribution >= 0.6 is 11.6 Å². The molecular weight excluding hydrogens is 368 g/mol. The summed E-state index contributed by atoms with van der Waals surface area (Å²) in [5.41, 5.74) is 1.97. The molecule has 0 aliphatic carbocycles. The van der Waals surface area contributed by atoms with Gasteiger partial charge in [-0.15, -0.1) is 0 Å². The van der Waals surface area contributed by atoms with E-state index in [1.807, 2.05) is 18.2 Å². The van der Waals surface area contributed by atoms with E-state index in [9.17, 15) is 9.59 Å². The molecule has 0 bridgehead atoms. The molecule has 0 radical (unpaired) electrons. The molecule has 1 fully saturated rings. The van der Waals surface area contributed by atoms with Crippen molar-refractivity contribution < 1.29 is 14.3 Å². The maximum atomic E-state index is 12.1. The Morgan fingerprint density at radius 1 is 1.37 bits per heavy atom. The number of halogens is 1. The van der Waals surface area contributed by atoms with Crippen LogP contribution in [0, 0.1) is 0 Å². The molecule has 1 aromatic heterocycles. The second-order valence-corrected chi connectivity index (χ2v) is 7.04. The van der Waals surface area contributed by atoms with Crippen LogP contribution in [0.5, 0.6) is 5.75 Å². The van der Waals surface area contributed by atoms with Crippen LogP contribution in [-0.2, 0) is 16.0 Å². The Balaban J connectivity index is 1.45. The monoisotopic (exact) mass is 390 g/mol. The van der Waals surface area contributed by atoms with Gasteiger partial charge in [-0.25, -0.2) is 0 Å². The van der Waals surface area contributed by atoms with Gasteiger partial charge in [0.05, 0.1) is 18.8 Å².